The smallest absolute Gasteiger partial charge is 0.243 e. The summed E-state index contributed by atoms with van der Waals surface area (Å²) in [6.07, 6.45) is 7.05. The Morgan fingerprint density at radius 2 is 2.00 bits per heavy atom. The van der Waals surface area contributed by atoms with Crippen LogP contribution in [0.2, 0.25) is 0 Å². The molecule has 2 aliphatic heterocycles. The maximum atomic E-state index is 12.2. The molecule has 2 amide bonds. The van der Waals surface area contributed by atoms with Crippen LogP contribution in [-0.2, 0) is 14.3 Å². The van der Waals surface area contributed by atoms with Gasteiger partial charge in [-0.25, -0.2) is 0 Å². The van der Waals surface area contributed by atoms with Gasteiger partial charge < -0.3 is 15.0 Å². The standard InChI is InChI=1S/C16H26N2O3/c1-11(2)14-15(20)17-9-13(19)18(14)10-12-5-8-16(21-12)6-3-4-7-16/h11-12,14H,3-10H2,1-2H3,(H,17,20). The van der Waals surface area contributed by atoms with Gasteiger partial charge in [-0.3, -0.25) is 9.59 Å². The minimum absolute atomic E-state index is 0.0178. The Morgan fingerprint density at radius 1 is 1.29 bits per heavy atom. The fourth-order valence-electron chi connectivity index (χ4n) is 4.17. The molecule has 5 nitrogen and oxygen atoms in total. The number of carbonyl (C=O) groups is 2. The molecule has 2 heterocycles. The molecular formula is C16H26N2O3. The minimum Gasteiger partial charge on any atom is -0.370 e. The van der Waals surface area contributed by atoms with E-state index in [2.05, 4.69) is 5.32 Å². The molecule has 1 N–H and O–H groups in total. The van der Waals surface area contributed by atoms with Crippen LogP contribution in [0.3, 0.4) is 0 Å². The first kappa shape index (κ1) is 14.8. The molecule has 3 fully saturated rings. The summed E-state index contributed by atoms with van der Waals surface area (Å²) in [6, 6.07) is -0.352. The highest BCUT2D eigenvalue weighted by molar-refractivity contribution is 5.95. The molecule has 3 aliphatic rings. The number of piperazine rings is 1. The maximum Gasteiger partial charge on any atom is 0.243 e. The van der Waals surface area contributed by atoms with E-state index in [0.29, 0.717) is 6.54 Å². The Labute approximate surface area is 126 Å². The predicted molar refractivity (Wildman–Crippen MR) is 78.7 cm³/mol. The summed E-state index contributed by atoms with van der Waals surface area (Å²) < 4.78 is 6.30. The molecule has 3 rings (SSSR count). The number of carbonyl (C=O) groups excluding carboxylic acids is 2. The second-order valence-electron chi connectivity index (χ2n) is 7.12. The average Bonchev–Trinajstić information content (AvgIpc) is 3.05. The highest BCUT2D eigenvalue weighted by Gasteiger charge is 2.45. The van der Waals surface area contributed by atoms with E-state index in [-0.39, 0.29) is 42.0 Å². The molecule has 0 aromatic carbocycles. The zero-order chi connectivity index (χ0) is 15.0. The number of hydrogen-bond donors (Lipinski definition) is 1. The minimum atomic E-state index is -0.352. The third-order valence-electron chi connectivity index (χ3n) is 5.22. The molecule has 0 radical (unpaired) electrons. The van der Waals surface area contributed by atoms with Gasteiger partial charge in [-0.1, -0.05) is 26.7 Å². The highest BCUT2D eigenvalue weighted by Crippen LogP contribution is 2.43. The maximum absolute atomic E-state index is 12.2. The van der Waals surface area contributed by atoms with Crippen LogP contribution in [0.15, 0.2) is 0 Å². The zero-order valence-corrected chi connectivity index (χ0v) is 13.1. The number of amides is 2. The van der Waals surface area contributed by atoms with Crippen LogP contribution in [0.1, 0.15) is 52.4 Å². The molecule has 1 spiro atoms. The zero-order valence-electron chi connectivity index (χ0n) is 13.1. The van der Waals surface area contributed by atoms with Crippen LogP contribution in [0, 0.1) is 5.92 Å². The van der Waals surface area contributed by atoms with Gasteiger partial charge in [0.25, 0.3) is 0 Å². The third-order valence-corrected chi connectivity index (χ3v) is 5.22. The normalized spacial score (nSPS) is 32.2. The van der Waals surface area contributed by atoms with Gasteiger partial charge in [0, 0.05) is 6.54 Å². The van der Waals surface area contributed by atoms with Gasteiger partial charge in [0.1, 0.15) is 6.04 Å². The molecule has 1 saturated carbocycles. The highest BCUT2D eigenvalue weighted by atomic mass is 16.5. The lowest BCUT2D eigenvalue weighted by Crippen LogP contribution is -2.61. The van der Waals surface area contributed by atoms with Gasteiger partial charge in [0.2, 0.25) is 11.8 Å². The fraction of sp³-hybridized carbons (Fsp3) is 0.875. The lowest BCUT2D eigenvalue weighted by molar-refractivity contribution is -0.150. The Morgan fingerprint density at radius 3 is 2.67 bits per heavy atom. The van der Waals surface area contributed by atoms with Crippen molar-refractivity contribution in [3.8, 4) is 0 Å². The van der Waals surface area contributed by atoms with Gasteiger partial charge in [0.15, 0.2) is 0 Å². The number of rotatable bonds is 3. The van der Waals surface area contributed by atoms with Gasteiger partial charge in [-0.15, -0.1) is 0 Å². The molecule has 0 bridgehead atoms. The molecule has 0 aromatic heterocycles. The van der Waals surface area contributed by atoms with E-state index < -0.39 is 0 Å². The molecule has 0 aromatic rings. The molecule has 1 aliphatic carbocycles. The molecular weight excluding hydrogens is 268 g/mol. The van der Waals surface area contributed by atoms with Crippen molar-refractivity contribution in [2.45, 2.75) is 70.1 Å². The molecule has 2 saturated heterocycles. The van der Waals surface area contributed by atoms with Crippen molar-refractivity contribution >= 4 is 11.8 Å². The van der Waals surface area contributed by atoms with Crippen molar-refractivity contribution in [1.29, 1.82) is 0 Å². The van der Waals surface area contributed by atoms with E-state index in [1.807, 2.05) is 13.8 Å². The Kier molecular flexibility index (Phi) is 3.95. The summed E-state index contributed by atoms with van der Waals surface area (Å²) in [7, 11) is 0. The SMILES string of the molecule is CC(C)C1C(=O)NCC(=O)N1CC1CCC2(CCCC2)O1. The summed E-state index contributed by atoms with van der Waals surface area (Å²) >= 11 is 0. The molecule has 2 atom stereocenters. The average molecular weight is 294 g/mol. The Hall–Kier alpha value is -1.10. The van der Waals surface area contributed by atoms with Crippen molar-refractivity contribution in [3.63, 3.8) is 0 Å². The summed E-state index contributed by atoms with van der Waals surface area (Å²) in [6.45, 7) is 4.67. The van der Waals surface area contributed by atoms with Crippen molar-refractivity contribution in [2.75, 3.05) is 13.1 Å². The fourth-order valence-corrected chi connectivity index (χ4v) is 4.17. The van der Waals surface area contributed by atoms with Crippen LogP contribution < -0.4 is 5.32 Å². The first-order valence-corrected chi connectivity index (χ1v) is 8.26. The van der Waals surface area contributed by atoms with Crippen molar-refractivity contribution in [3.05, 3.63) is 0 Å². The second kappa shape index (κ2) is 5.59. The van der Waals surface area contributed by atoms with Crippen molar-refractivity contribution in [1.82, 2.24) is 10.2 Å². The number of hydrogen-bond acceptors (Lipinski definition) is 3. The molecule has 118 valence electrons. The monoisotopic (exact) mass is 294 g/mol. The van der Waals surface area contributed by atoms with Gasteiger partial charge in [-0.05, 0) is 31.6 Å². The van der Waals surface area contributed by atoms with Gasteiger partial charge in [0.05, 0.1) is 18.2 Å². The van der Waals surface area contributed by atoms with Crippen LogP contribution in [0.25, 0.3) is 0 Å². The van der Waals surface area contributed by atoms with Gasteiger partial charge >= 0.3 is 0 Å². The van der Waals surface area contributed by atoms with Crippen molar-refractivity contribution in [2.24, 2.45) is 5.92 Å². The quantitative estimate of drug-likeness (QED) is 0.857. The summed E-state index contributed by atoms with van der Waals surface area (Å²) in [4.78, 5) is 26.0. The lowest BCUT2D eigenvalue weighted by atomic mass is 9.97. The predicted octanol–water partition coefficient (Wildman–Crippen LogP) is 1.46. The van der Waals surface area contributed by atoms with E-state index in [9.17, 15) is 9.59 Å². The summed E-state index contributed by atoms with van der Waals surface area (Å²) in [5.41, 5.74) is 0.0824. The molecule has 2 unspecified atom stereocenters. The van der Waals surface area contributed by atoms with Crippen LogP contribution in [0.4, 0.5) is 0 Å². The Balaban J connectivity index is 1.67. The topological polar surface area (TPSA) is 58.6 Å². The summed E-state index contributed by atoms with van der Waals surface area (Å²) in [5.74, 6) is 0.110. The van der Waals surface area contributed by atoms with Gasteiger partial charge in [-0.2, -0.15) is 0 Å². The van der Waals surface area contributed by atoms with E-state index in [0.717, 1.165) is 25.7 Å². The first-order chi connectivity index (χ1) is 10.0. The van der Waals surface area contributed by atoms with Crippen molar-refractivity contribution < 1.29 is 14.3 Å². The first-order valence-electron chi connectivity index (χ1n) is 8.26. The van der Waals surface area contributed by atoms with E-state index in [1.165, 1.54) is 12.8 Å². The number of nitrogens with one attached hydrogen (secondary N) is 1. The van der Waals surface area contributed by atoms with Crippen LogP contribution in [0.5, 0.6) is 0 Å². The lowest BCUT2D eigenvalue weighted by Gasteiger charge is -2.38. The molecule has 5 heteroatoms. The second-order valence-corrected chi connectivity index (χ2v) is 7.12. The summed E-state index contributed by atoms with van der Waals surface area (Å²) in [5, 5.41) is 2.70. The largest absolute Gasteiger partial charge is 0.370 e. The van der Waals surface area contributed by atoms with Crippen LogP contribution >= 0.6 is 0 Å². The van der Waals surface area contributed by atoms with Crippen LogP contribution in [-0.4, -0.2) is 47.6 Å². The third kappa shape index (κ3) is 2.80. The van der Waals surface area contributed by atoms with E-state index >= 15 is 0 Å². The van der Waals surface area contributed by atoms with E-state index in [1.54, 1.807) is 4.90 Å². The number of ether oxygens (including phenoxy) is 1. The Bertz CT molecular complexity index is 429. The molecule has 21 heavy (non-hydrogen) atoms. The van der Waals surface area contributed by atoms with E-state index in [4.69, 9.17) is 4.74 Å². The number of nitrogens with zero attached hydrogens (tertiary/aromatic N) is 1.